The van der Waals surface area contributed by atoms with E-state index in [1.54, 1.807) is 18.7 Å². The van der Waals surface area contributed by atoms with E-state index in [-0.39, 0.29) is 22.0 Å². The molecule has 0 bridgehead atoms. The molecule has 0 fully saturated rings. The fraction of sp³-hybridized carbons (Fsp3) is 0.353. The number of amides is 1. The third kappa shape index (κ3) is 3.91. The van der Waals surface area contributed by atoms with Crippen molar-refractivity contribution in [3.05, 3.63) is 34.1 Å². The molecule has 8 nitrogen and oxygen atoms in total. The van der Waals surface area contributed by atoms with Gasteiger partial charge in [-0.1, -0.05) is 11.6 Å². The third-order valence-corrected chi connectivity index (χ3v) is 4.28. The first kappa shape index (κ1) is 19.6. The lowest BCUT2D eigenvalue weighted by molar-refractivity contribution is -0.123. The van der Waals surface area contributed by atoms with E-state index in [1.165, 1.54) is 26.2 Å². The Balaban J connectivity index is 2.14. The highest BCUT2D eigenvalue weighted by Gasteiger charge is 2.24. The average molecular weight is 381 g/mol. The molecule has 0 aliphatic carbocycles. The van der Waals surface area contributed by atoms with Crippen LogP contribution in [0.3, 0.4) is 0 Å². The molecule has 1 amide bonds. The fourth-order valence-electron chi connectivity index (χ4n) is 2.35. The Morgan fingerprint density at radius 1 is 1.35 bits per heavy atom. The summed E-state index contributed by atoms with van der Waals surface area (Å²) in [6, 6.07) is 2.77. The molecule has 0 spiro atoms. The number of hydrogen-bond donors (Lipinski definition) is 2. The van der Waals surface area contributed by atoms with E-state index in [9.17, 15) is 9.59 Å². The Kier molecular flexibility index (Phi) is 5.76. The van der Waals surface area contributed by atoms with E-state index in [0.29, 0.717) is 11.4 Å². The molecule has 0 radical (unpaired) electrons. The minimum atomic E-state index is -1.04. The van der Waals surface area contributed by atoms with Gasteiger partial charge in [0.2, 0.25) is 0 Å². The number of benzene rings is 1. The second-order valence-corrected chi connectivity index (χ2v) is 6.19. The molecule has 1 aromatic carbocycles. The van der Waals surface area contributed by atoms with Gasteiger partial charge in [0.05, 0.1) is 34.9 Å². The highest BCUT2D eigenvalue weighted by molar-refractivity contribution is 6.33. The van der Waals surface area contributed by atoms with Crippen LogP contribution in [0.25, 0.3) is 0 Å². The van der Waals surface area contributed by atoms with E-state index < -0.39 is 18.0 Å². The summed E-state index contributed by atoms with van der Waals surface area (Å²) in [6.45, 7) is 5.08. The number of nitrogens with two attached hydrogens (primary N) is 1. The van der Waals surface area contributed by atoms with Gasteiger partial charge in [-0.2, -0.15) is 5.10 Å². The van der Waals surface area contributed by atoms with Gasteiger partial charge in [-0.3, -0.25) is 9.48 Å². The van der Waals surface area contributed by atoms with Crippen LogP contribution in [0.2, 0.25) is 5.02 Å². The molecule has 0 aliphatic rings. The number of esters is 1. The number of nitrogens with zero attached hydrogens (tertiary/aromatic N) is 2. The summed E-state index contributed by atoms with van der Waals surface area (Å²) in [4.78, 5) is 24.8. The van der Waals surface area contributed by atoms with Gasteiger partial charge < -0.3 is 20.5 Å². The smallest absolute Gasteiger partial charge is 0.342 e. The molecule has 0 saturated heterocycles. The highest BCUT2D eigenvalue weighted by atomic mass is 35.5. The number of carbonyl (C=O) groups excluding carboxylic acids is 2. The molecule has 0 unspecified atom stereocenters. The standard InChI is InChI=1S/C17H21ClN4O4/c1-8-15(9(2)22(4)21-8)20-16(23)10(3)26-17(24)11-6-12(18)13(19)7-14(11)25-5/h6-7,10H,19H2,1-5H3,(H,20,23)/t10-/m1/s1. The zero-order valence-electron chi connectivity index (χ0n) is 15.2. The van der Waals surface area contributed by atoms with Crippen LogP contribution < -0.4 is 15.8 Å². The van der Waals surface area contributed by atoms with Gasteiger partial charge in [-0.15, -0.1) is 0 Å². The number of aryl methyl sites for hydroxylation is 2. The fourth-order valence-corrected chi connectivity index (χ4v) is 2.52. The minimum absolute atomic E-state index is 0.0834. The van der Waals surface area contributed by atoms with E-state index in [4.69, 9.17) is 26.8 Å². The first-order valence-electron chi connectivity index (χ1n) is 7.80. The first-order valence-corrected chi connectivity index (χ1v) is 8.18. The first-order chi connectivity index (χ1) is 12.1. The van der Waals surface area contributed by atoms with Crippen LogP contribution in [0.4, 0.5) is 11.4 Å². The third-order valence-electron chi connectivity index (χ3n) is 3.95. The van der Waals surface area contributed by atoms with E-state index in [2.05, 4.69) is 10.4 Å². The van der Waals surface area contributed by atoms with Crippen molar-refractivity contribution in [2.75, 3.05) is 18.2 Å². The van der Waals surface area contributed by atoms with Gasteiger partial charge in [-0.25, -0.2) is 4.79 Å². The maximum absolute atomic E-state index is 12.4. The predicted molar refractivity (Wildman–Crippen MR) is 98.6 cm³/mol. The Bertz CT molecular complexity index is 863. The van der Waals surface area contributed by atoms with Crippen molar-refractivity contribution < 1.29 is 19.1 Å². The summed E-state index contributed by atoms with van der Waals surface area (Å²) < 4.78 is 12.0. The van der Waals surface area contributed by atoms with Crippen LogP contribution in [-0.2, 0) is 16.6 Å². The number of rotatable bonds is 5. The van der Waals surface area contributed by atoms with Gasteiger partial charge in [0.15, 0.2) is 6.10 Å². The average Bonchev–Trinajstić information content (AvgIpc) is 2.82. The van der Waals surface area contributed by atoms with Crippen LogP contribution in [0, 0.1) is 13.8 Å². The molecule has 9 heteroatoms. The van der Waals surface area contributed by atoms with E-state index >= 15 is 0 Å². The lowest BCUT2D eigenvalue weighted by Crippen LogP contribution is -2.30. The second kappa shape index (κ2) is 7.65. The molecule has 26 heavy (non-hydrogen) atoms. The zero-order valence-corrected chi connectivity index (χ0v) is 16.0. The summed E-state index contributed by atoms with van der Waals surface area (Å²) in [7, 11) is 3.17. The van der Waals surface area contributed by atoms with Crippen LogP contribution in [0.5, 0.6) is 5.75 Å². The van der Waals surface area contributed by atoms with Crippen molar-refractivity contribution in [2.45, 2.75) is 26.9 Å². The number of hydrogen-bond acceptors (Lipinski definition) is 6. The number of aromatic nitrogens is 2. The molecular formula is C17H21ClN4O4. The molecule has 3 N–H and O–H groups in total. The van der Waals surface area contributed by atoms with Gasteiger partial charge >= 0.3 is 5.97 Å². The molecule has 0 saturated carbocycles. The summed E-state index contributed by atoms with van der Waals surface area (Å²) in [5.74, 6) is -1.01. The summed E-state index contributed by atoms with van der Waals surface area (Å²) in [6.07, 6.45) is -1.04. The minimum Gasteiger partial charge on any atom is -0.496 e. The van der Waals surface area contributed by atoms with Crippen molar-refractivity contribution in [3.63, 3.8) is 0 Å². The number of methoxy groups -OCH3 is 1. The quantitative estimate of drug-likeness (QED) is 0.609. The lowest BCUT2D eigenvalue weighted by Gasteiger charge is -2.15. The Hall–Kier alpha value is -2.74. The van der Waals surface area contributed by atoms with Gasteiger partial charge in [0.25, 0.3) is 5.91 Å². The monoisotopic (exact) mass is 380 g/mol. The second-order valence-electron chi connectivity index (χ2n) is 5.78. The summed E-state index contributed by atoms with van der Waals surface area (Å²) in [5.41, 5.74) is 8.10. The number of nitrogen functional groups attached to an aromatic ring is 1. The molecule has 140 valence electrons. The Morgan fingerprint density at radius 2 is 2.00 bits per heavy atom. The largest absolute Gasteiger partial charge is 0.496 e. The topological polar surface area (TPSA) is 108 Å². The highest BCUT2D eigenvalue weighted by Crippen LogP contribution is 2.29. The molecule has 0 aliphatic heterocycles. The molecule has 1 heterocycles. The lowest BCUT2D eigenvalue weighted by atomic mass is 10.2. The SMILES string of the molecule is COc1cc(N)c(Cl)cc1C(=O)O[C@H](C)C(=O)Nc1c(C)nn(C)c1C. The van der Waals surface area contributed by atoms with Gasteiger partial charge in [0, 0.05) is 13.1 Å². The van der Waals surface area contributed by atoms with Crippen LogP contribution in [0.15, 0.2) is 12.1 Å². The molecular weight excluding hydrogens is 360 g/mol. The number of ether oxygens (including phenoxy) is 2. The normalized spacial score (nSPS) is 11.8. The maximum Gasteiger partial charge on any atom is 0.342 e. The van der Waals surface area contributed by atoms with Crippen molar-refractivity contribution in [2.24, 2.45) is 7.05 Å². The summed E-state index contributed by atoms with van der Waals surface area (Å²) >= 11 is 5.95. The predicted octanol–water partition coefficient (Wildman–Crippen LogP) is 2.47. The van der Waals surface area contributed by atoms with Crippen molar-refractivity contribution in [3.8, 4) is 5.75 Å². The van der Waals surface area contributed by atoms with Crippen molar-refractivity contribution in [1.82, 2.24) is 9.78 Å². The van der Waals surface area contributed by atoms with Gasteiger partial charge in [0.1, 0.15) is 11.3 Å². The number of halogens is 1. The Labute approximate surface area is 156 Å². The van der Waals surface area contributed by atoms with E-state index in [0.717, 1.165) is 5.69 Å². The number of anilines is 2. The molecule has 2 aromatic rings. The van der Waals surface area contributed by atoms with Crippen molar-refractivity contribution >= 4 is 34.9 Å². The molecule has 1 atom stereocenters. The van der Waals surface area contributed by atoms with Gasteiger partial charge in [-0.05, 0) is 26.8 Å². The number of carbonyl (C=O) groups is 2. The molecule has 2 rings (SSSR count). The van der Waals surface area contributed by atoms with Crippen LogP contribution in [-0.4, -0.2) is 34.9 Å². The van der Waals surface area contributed by atoms with E-state index in [1.807, 2.05) is 6.92 Å². The summed E-state index contributed by atoms with van der Waals surface area (Å²) in [5, 5.41) is 7.14. The molecule has 1 aromatic heterocycles. The number of nitrogens with one attached hydrogen (secondary N) is 1. The van der Waals surface area contributed by atoms with Crippen LogP contribution in [0.1, 0.15) is 28.7 Å². The maximum atomic E-state index is 12.4. The van der Waals surface area contributed by atoms with Crippen molar-refractivity contribution in [1.29, 1.82) is 0 Å². The zero-order chi connectivity index (χ0) is 19.6. The van der Waals surface area contributed by atoms with Crippen LogP contribution >= 0.6 is 11.6 Å². The Morgan fingerprint density at radius 3 is 2.54 bits per heavy atom.